The molecule has 0 aromatic rings. The van der Waals surface area contributed by atoms with Crippen LogP contribution in [0.3, 0.4) is 0 Å². The molecule has 204 valence electrons. The van der Waals surface area contributed by atoms with Gasteiger partial charge in [0.05, 0.1) is 52.9 Å². The van der Waals surface area contributed by atoms with Gasteiger partial charge in [0.2, 0.25) is 0 Å². The van der Waals surface area contributed by atoms with E-state index in [0.717, 1.165) is 19.4 Å². The van der Waals surface area contributed by atoms with Crippen LogP contribution in [0.15, 0.2) is 0 Å². The number of carbonyl (C=O) groups is 1. The van der Waals surface area contributed by atoms with E-state index in [9.17, 15) is 4.79 Å². The number of hydrogen-bond donors (Lipinski definition) is 1. The molecule has 0 spiro atoms. The lowest BCUT2D eigenvalue weighted by Crippen LogP contribution is -2.17. The van der Waals surface area contributed by atoms with Gasteiger partial charge in [0, 0.05) is 13.0 Å². The molecule has 0 rings (SSSR count). The van der Waals surface area contributed by atoms with E-state index >= 15 is 0 Å². The van der Waals surface area contributed by atoms with Crippen molar-refractivity contribution in [2.45, 2.75) is 96.8 Å². The quantitative estimate of drug-likeness (QED) is 0.113. The summed E-state index contributed by atoms with van der Waals surface area (Å²) < 4.78 is 26.8. The Morgan fingerprint density at radius 3 is 1.35 bits per heavy atom. The SMILES string of the molecule is CCCCCCCCCCCCCCCC(=O)OCCOCCOCCOCCOCCNC. The monoisotopic (exact) mass is 489 g/mol. The Hall–Kier alpha value is -0.730. The first-order valence-electron chi connectivity index (χ1n) is 13.9. The molecule has 0 aromatic carbocycles. The van der Waals surface area contributed by atoms with E-state index in [1.54, 1.807) is 0 Å². The fourth-order valence-electron chi connectivity index (χ4n) is 3.51. The molecule has 0 atom stereocenters. The zero-order chi connectivity index (χ0) is 24.8. The van der Waals surface area contributed by atoms with Gasteiger partial charge >= 0.3 is 5.97 Å². The molecule has 0 aliphatic carbocycles. The van der Waals surface area contributed by atoms with Crippen LogP contribution in [0.4, 0.5) is 0 Å². The lowest BCUT2D eigenvalue weighted by atomic mass is 10.0. The van der Waals surface area contributed by atoms with E-state index in [2.05, 4.69) is 12.2 Å². The Morgan fingerprint density at radius 1 is 0.529 bits per heavy atom. The molecule has 34 heavy (non-hydrogen) atoms. The molecule has 0 saturated carbocycles. The lowest BCUT2D eigenvalue weighted by Gasteiger charge is -2.08. The standard InChI is InChI=1S/C27H55NO6/c1-3-4-5-6-7-8-9-10-11-12-13-14-15-16-27(29)34-26-25-33-24-23-32-22-21-31-20-19-30-18-17-28-2/h28H,3-26H2,1-2H3. The topological polar surface area (TPSA) is 75.3 Å². The van der Waals surface area contributed by atoms with Crippen molar-refractivity contribution in [3.05, 3.63) is 0 Å². The van der Waals surface area contributed by atoms with E-state index in [1.807, 2.05) is 7.05 Å². The van der Waals surface area contributed by atoms with Crippen molar-refractivity contribution in [1.29, 1.82) is 0 Å². The number of likely N-dealkylation sites (N-methyl/N-ethyl adjacent to an activating group) is 1. The molecular formula is C27H55NO6. The van der Waals surface area contributed by atoms with Gasteiger partial charge in [0.1, 0.15) is 6.61 Å². The highest BCUT2D eigenvalue weighted by atomic mass is 16.6. The van der Waals surface area contributed by atoms with Crippen molar-refractivity contribution >= 4 is 5.97 Å². The minimum absolute atomic E-state index is 0.116. The molecular weight excluding hydrogens is 434 g/mol. The van der Waals surface area contributed by atoms with Gasteiger partial charge in [-0.3, -0.25) is 4.79 Å². The maximum atomic E-state index is 11.7. The molecule has 0 unspecified atom stereocenters. The van der Waals surface area contributed by atoms with Crippen molar-refractivity contribution < 1.29 is 28.5 Å². The maximum absolute atomic E-state index is 11.7. The summed E-state index contributed by atoms with van der Waals surface area (Å²) in [4.78, 5) is 11.7. The second-order valence-electron chi connectivity index (χ2n) is 8.77. The highest BCUT2D eigenvalue weighted by molar-refractivity contribution is 5.69. The van der Waals surface area contributed by atoms with Gasteiger partial charge in [-0.2, -0.15) is 0 Å². The Morgan fingerprint density at radius 2 is 0.912 bits per heavy atom. The van der Waals surface area contributed by atoms with Crippen LogP contribution in [0.1, 0.15) is 96.8 Å². The van der Waals surface area contributed by atoms with Crippen LogP contribution in [-0.2, 0) is 28.5 Å². The van der Waals surface area contributed by atoms with Crippen molar-refractivity contribution in [1.82, 2.24) is 5.32 Å². The number of ether oxygens (including phenoxy) is 5. The van der Waals surface area contributed by atoms with Crippen molar-refractivity contribution in [2.24, 2.45) is 0 Å². The minimum Gasteiger partial charge on any atom is -0.463 e. The van der Waals surface area contributed by atoms with Crippen LogP contribution in [0.25, 0.3) is 0 Å². The summed E-state index contributed by atoms with van der Waals surface area (Å²) in [5, 5.41) is 3.02. The summed E-state index contributed by atoms with van der Waals surface area (Å²) in [7, 11) is 1.90. The van der Waals surface area contributed by atoms with Crippen LogP contribution in [0.5, 0.6) is 0 Å². The third-order valence-electron chi connectivity index (χ3n) is 5.59. The van der Waals surface area contributed by atoms with Crippen molar-refractivity contribution in [2.75, 3.05) is 73.1 Å². The summed E-state index contributed by atoms with van der Waals surface area (Å²) in [6, 6.07) is 0. The molecule has 7 heteroatoms. The van der Waals surface area contributed by atoms with Crippen LogP contribution in [-0.4, -0.2) is 79.0 Å². The first-order valence-corrected chi connectivity index (χ1v) is 13.9. The maximum Gasteiger partial charge on any atom is 0.305 e. The predicted molar refractivity (Wildman–Crippen MR) is 138 cm³/mol. The third-order valence-corrected chi connectivity index (χ3v) is 5.59. The second-order valence-corrected chi connectivity index (χ2v) is 8.77. The summed E-state index contributed by atoms with van der Waals surface area (Å²) >= 11 is 0. The van der Waals surface area contributed by atoms with Gasteiger partial charge in [0.25, 0.3) is 0 Å². The number of carbonyl (C=O) groups excluding carboxylic acids is 1. The summed E-state index contributed by atoms with van der Waals surface area (Å²) in [6.45, 7) is 7.80. The minimum atomic E-state index is -0.116. The summed E-state index contributed by atoms with van der Waals surface area (Å²) in [5.41, 5.74) is 0. The van der Waals surface area contributed by atoms with E-state index < -0.39 is 0 Å². The number of rotatable bonds is 29. The molecule has 7 nitrogen and oxygen atoms in total. The Kier molecular flexibility index (Phi) is 29.7. The average molecular weight is 490 g/mol. The predicted octanol–water partition coefficient (Wildman–Crippen LogP) is 5.30. The van der Waals surface area contributed by atoms with Crippen LogP contribution < -0.4 is 5.32 Å². The van der Waals surface area contributed by atoms with E-state index in [1.165, 1.54) is 70.6 Å². The van der Waals surface area contributed by atoms with Crippen LogP contribution in [0.2, 0.25) is 0 Å². The summed E-state index contributed by atoms with van der Waals surface area (Å²) in [6.07, 6.45) is 17.5. The zero-order valence-corrected chi connectivity index (χ0v) is 22.4. The van der Waals surface area contributed by atoms with E-state index in [-0.39, 0.29) is 5.97 Å². The highest BCUT2D eigenvalue weighted by Crippen LogP contribution is 2.13. The van der Waals surface area contributed by atoms with Crippen LogP contribution >= 0.6 is 0 Å². The third kappa shape index (κ3) is 29.3. The first-order chi connectivity index (χ1) is 16.8. The van der Waals surface area contributed by atoms with Gasteiger partial charge in [0.15, 0.2) is 0 Å². The molecule has 1 N–H and O–H groups in total. The number of unbranched alkanes of at least 4 members (excludes halogenated alkanes) is 12. The fraction of sp³-hybridized carbons (Fsp3) is 0.963. The smallest absolute Gasteiger partial charge is 0.305 e. The van der Waals surface area contributed by atoms with Crippen LogP contribution in [0, 0.1) is 0 Å². The molecule has 0 aliphatic rings. The molecule has 0 aliphatic heterocycles. The van der Waals surface area contributed by atoms with Gasteiger partial charge < -0.3 is 29.0 Å². The van der Waals surface area contributed by atoms with E-state index in [0.29, 0.717) is 65.9 Å². The number of esters is 1. The normalized spacial score (nSPS) is 11.2. The molecule has 0 aromatic heterocycles. The van der Waals surface area contributed by atoms with Crippen molar-refractivity contribution in [3.8, 4) is 0 Å². The van der Waals surface area contributed by atoms with Gasteiger partial charge in [-0.25, -0.2) is 0 Å². The summed E-state index contributed by atoms with van der Waals surface area (Å²) in [5.74, 6) is -0.116. The molecule has 0 heterocycles. The Labute approximate surface area is 210 Å². The molecule has 0 bridgehead atoms. The Balaban J connectivity index is 3.14. The van der Waals surface area contributed by atoms with Gasteiger partial charge in [-0.05, 0) is 13.5 Å². The number of nitrogens with one attached hydrogen (secondary N) is 1. The zero-order valence-electron chi connectivity index (χ0n) is 22.4. The van der Waals surface area contributed by atoms with Gasteiger partial charge in [-0.15, -0.1) is 0 Å². The highest BCUT2D eigenvalue weighted by Gasteiger charge is 2.02. The molecule has 0 radical (unpaired) electrons. The molecule has 0 fully saturated rings. The fourth-order valence-corrected chi connectivity index (χ4v) is 3.51. The average Bonchev–Trinajstić information content (AvgIpc) is 2.84. The first kappa shape index (κ1) is 33.3. The Bertz CT molecular complexity index is 397. The number of hydrogen-bond acceptors (Lipinski definition) is 7. The molecule has 0 amide bonds. The van der Waals surface area contributed by atoms with Crippen molar-refractivity contribution in [3.63, 3.8) is 0 Å². The molecule has 0 saturated heterocycles. The van der Waals surface area contributed by atoms with E-state index in [4.69, 9.17) is 23.7 Å². The lowest BCUT2D eigenvalue weighted by molar-refractivity contribution is -0.145. The second kappa shape index (κ2) is 30.3. The largest absolute Gasteiger partial charge is 0.463 e. The van der Waals surface area contributed by atoms with Gasteiger partial charge in [-0.1, -0.05) is 84.0 Å².